The van der Waals surface area contributed by atoms with Crippen LogP contribution in [0.25, 0.3) is 0 Å². The fourth-order valence-corrected chi connectivity index (χ4v) is 4.72. The lowest BCUT2D eigenvalue weighted by atomic mass is 9.88. The summed E-state index contributed by atoms with van der Waals surface area (Å²) < 4.78 is 6.11. The molecular weight excluding hydrogens is 402 g/mol. The molecule has 0 radical (unpaired) electrons. The number of aliphatic imine (C=N–C) groups is 1. The summed E-state index contributed by atoms with van der Waals surface area (Å²) in [6.07, 6.45) is 4.54. The first-order chi connectivity index (χ1) is 12.0. The van der Waals surface area contributed by atoms with E-state index in [0.29, 0.717) is 28.7 Å². The van der Waals surface area contributed by atoms with Crippen molar-refractivity contribution in [2.75, 3.05) is 6.61 Å². The van der Waals surface area contributed by atoms with Crippen LogP contribution in [-0.4, -0.2) is 23.9 Å². The number of rotatable bonds is 4. The molecule has 1 aromatic carbocycles. The molecular formula is C19H20BrNO3S. The van der Waals surface area contributed by atoms with Gasteiger partial charge in [-0.05, 0) is 55.9 Å². The Hall–Kier alpha value is -1.66. The van der Waals surface area contributed by atoms with E-state index in [0.717, 1.165) is 29.3 Å². The molecule has 1 aliphatic carbocycles. The number of carbonyl (C=O) groups is 1. The summed E-state index contributed by atoms with van der Waals surface area (Å²) in [6.45, 7) is 4.38. The number of phenols is 1. The molecule has 132 valence electrons. The molecule has 1 aliphatic rings. The molecule has 6 heteroatoms. The van der Waals surface area contributed by atoms with E-state index in [1.807, 2.05) is 0 Å². The molecule has 0 amide bonds. The van der Waals surface area contributed by atoms with Crippen molar-refractivity contribution in [2.24, 2.45) is 10.9 Å². The number of ether oxygens (including phenoxy) is 1. The molecule has 0 saturated heterocycles. The van der Waals surface area contributed by atoms with E-state index in [1.165, 1.54) is 4.88 Å². The van der Waals surface area contributed by atoms with E-state index in [9.17, 15) is 9.90 Å². The third-order valence-electron chi connectivity index (χ3n) is 4.28. The van der Waals surface area contributed by atoms with Crippen molar-refractivity contribution < 1.29 is 14.6 Å². The number of fused-ring (bicyclic) bond motifs is 1. The first-order valence-corrected chi connectivity index (χ1v) is 9.94. The first-order valence-electron chi connectivity index (χ1n) is 8.33. The van der Waals surface area contributed by atoms with Gasteiger partial charge in [-0.2, -0.15) is 0 Å². The van der Waals surface area contributed by atoms with Gasteiger partial charge >= 0.3 is 5.97 Å². The van der Waals surface area contributed by atoms with Gasteiger partial charge in [0.1, 0.15) is 10.8 Å². The highest BCUT2D eigenvalue weighted by atomic mass is 79.9. The second-order valence-electron chi connectivity index (χ2n) is 6.21. The lowest BCUT2D eigenvalue weighted by Crippen LogP contribution is -2.13. The van der Waals surface area contributed by atoms with Gasteiger partial charge in [0.2, 0.25) is 0 Å². The van der Waals surface area contributed by atoms with Gasteiger partial charge in [-0.3, -0.25) is 0 Å². The van der Waals surface area contributed by atoms with Crippen LogP contribution in [-0.2, 0) is 17.6 Å². The lowest BCUT2D eigenvalue weighted by Gasteiger charge is -2.18. The number of aromatic hydroxyl groups is 1. The topological polar surface area (TPSA) is 58.9 Å². The lowest BCUT2D eigenvalue weighted by molar-refractivity contribution is 0.0526. The summed E-state index contributed by atoms with van der Waals surface area (Å²) in [4.78, 5) is 18.2. The number of hydrogen-bond donors (Lipinski definition) is 1. The van der Waals surface area contributed by atoms with Gasteiger partial charge in [0.05, 0.1) is 12.2 Å². The average molecular weight is 422 g/mol. The number of nitrogens with zero attached hydrogens (tertiary/aromatic N) is 1. The first kappa shape index (κ1) is 18.1. The van der Waals surface area contributed by atoms with Crippen LogP contribution in [0.2, 0.25) is 0 Å². The number of phenolic OH excluding ortho intramolecular Hbond substituents is 1. The standard InChI is InChI=1S/C19H20BrNO3S/c1-3-24-19(23)17-14-6-4-11(2)8-16(14)25-18(17)21-10-12-9-13(20)5-7-15(12)22/h5,7,9-11,22H,3-4,6,8H2,1-2H3/b21-10+. The van der Waals surface area contributed by atoms with Crippen molar-refractivity contribution in [3.63, 3.8) is 0 Å². The minimum absolute atomic E-state index is 0.152. The van der Waals surface area contributed by atoms with Crippen molar-refractivity contribution in [3.05, 3.63) is 44.2 Å². The number of thiophene rings is 1. The maximum absolute atomic E-state index is 12.5. The molecule has 25 heavy (non-hydrogen) atoms. The van der Waals surface area contributed by atoms with Crippen LogP contribution < -0.4 is 0 Å². The molecule has 0 aliphatic heterocycles. The van der Waals surface area contributed by atoms with E-state index in [1.54, 1.807) is 42.7 Å². The third-order valence-corrected chi connectivity index (χ3v) is 5.94. The highest BCUT2D eigenvalue weighted by Gasteiger charge is 2.28. The summed E-state index contributed by atoms with van der Waals surface area (Å²) in [5, 5.41) is 10.6. The van der Waals surface area contributed by atoms with Crippen LogP contribution in [0.4, 0.5) is 5.00 Å². The Bertz CT molecular complexity index is 828. The fraction of sp³-hybridized carbons (Fsp3) is 0.368. The predicted octanol–water partition coefficient (Wildman–Crippen LogP) is 5.27. The molecule has 1 aromatic heterocycles. The maximum atomic E-state index is 12.5. The highest BCUT2D eigenvalue weighted by molar-refractivity contribution is 9.10. The van der Waals surface area contributed by atoms with Gasteiger partial charge in [0.25, 0.3) is 0 Å². The summed E-state index contributed by atoms with van der Waals surface area (Å²) in [5.41, 5.74) is 2.29. The van der Waals surface area contributed by atoms with Crippen LogP contribution >= 0.6 is 27.3 Å². The fourth-order valence-electron chi connectivity index (χ4n) is 3.00. The largest absolute Gasteiger partial charge is 0.507 e. The molecule has 1 unspecified atom stereocenters. The Morgan fingerprint density at radius 1 is 1.52 bits per heavy atom. The smallest absolute Gasteiger partial charge is 0.341 e. The normalized spacial score (nSPS) is 16.8. The monoisotopic (exact) mass is 421 g/mol. The van der Waals surface area contributed by atoms with E-state index in [2.05, 4.69) is 27.8 Å². The van der Waals surface area contributed by atoms with E-state index in [4.69, 9.17) is 4.74 Å². The zero-order valence-electron chi connectivity index (χ0n) is 14.2. The van der Waals surface area contributed by atoms with Crippen LogP contribution in [0.5, 0.6) is 5.75 Å². The predicted molar refractivity (Wildman–Crippen MR) is 105 cm³/mol. The van der Waals surface area contributed by atoms with E-state index >= 15 is 0 Å². The second-order valence-corrected chi connectivity index (χ2v) is 8.21. The summed E-state index contributed by atoms with van der Waals surface area (Å²) in [6, 6.07) is 5.17. The van der Waals surface area contributed by atoms with Crippen LogP contribution in [0.1, 0.15) is 46.6 Å². The van der Waals surface area contributed by atoms with Crippen molar-refractivity contribution in [2.45, 2.75) is 33.1 Å². The van der Waals surface area contributed by atoms with Gasteiger partial charge in [0, 0.05) is 21.1 Å². The van der Waals surface area contributed by atoms with Gasteiger partial charge < -0.3 is 9.84 Å². The molecule has 2 aromatic rings. The quantitative estimate of drug-likeness (QED) is 0.540. The Labute approximate surface area is 159 Å². The molecule has 1 atom stereocenters. The summed E-state index contributed by atoms with van der Waals surface area (Å²) >= 11 is 4.95. The minimum atomic E-state index is -0.305. The molecule has 0 bridgehead atoms. The SMILES string of the molecule is CCOC(=O)c1c(/N=C/c2cc(Br)ccc2O)sc2c1CCC(C)C2. The number of hydrogen-bond acceptors (Lipinski definition) is 5. The number of halogens is 1. The van der Waals surface area contributed by atoms with Crippen LogP contribution in [0.3, 0.4) is 0 Å². The molecule has 4 nitrogen and oxygen atoms in total. The van der Waals surface area contributed by atoms with Crippen LogP contribution in [0.15, 0.2) is 27.7 Å². The highest BCUT2D eigenvalue weighted by Crippen LogP contribution is 2.41. The summed E-state index contributed by atoms with van der Waals surface area (Å²) in [5.74, 6) is 0.465. The van der Waals surface area contributed by atoms with Crippen LogP contribution in [0, 0.1) is 5.92 Å². The van der Waals surface area contributed by atoms with Crippen molar-refractivity contribution >= 4 is 44.5 Å². The number of benzene rings is 1. The van der Waals surface area contributed by atoms with Gasteiger partial charge in [-0.25, -0.2) is 9.79 Å². The third kappa shape index (κ3) is 3.96. The number of esters is 1. The maximum Gasteiger partial charge on any atom is 0.341 e. The molecule has 3 rings (SSSR count). The molecule has 1 heterocycles. The van der Waals surface area contributed by atoms with Crippen molar-refractivity contribution in [1.29, 1.82) is 0 Å². The Morgan fingerprint density at radius 2 is 2.32 bits per heavy atom. The van der Waals surface area contributed by atoms with E-state index in [-0.39, 0.29) is 11.7 Å². The minimum Gasteiger partial charge on any atom is -0.507 e. The van der Waals surface area contributed by atoms with Gasteiger partial charge in [-0.15, -0.1) is 11.3 Å². The molecule has 0 spiro atoms. The van der Waals surface area contributed by atoms with Crippen molar-refractivity contribution in [1.82, 2.24) is 0 Å². The number of carbonyl (C=O) groups excluding carboxylic acids is 1. The van der Waals surface area contributed by atoms with Gasteiger partial charge in [0.15, 0.2) is 0 Å². The average Bonchev–Trinajstić information content (AvgIpc) is 2.93. The molecule has 0 fully saturated rings. The Balaban J connectivity index is 2.01. The molecule has 1 N–H and O–H groups in total. The second kappa shape index (κ2) is 7.70. The van der Waals surface area contributed by atoms with Crippen molar-refractivity contribution in [3.8, 4) is 5.75 Å². The van der Waals surface area contributed by atoms with Gasteiger partial charge in [-0.1, -0.05) is 22.9 Å². The zero-order chi connectivity index (χ0) is 18.0. The van der Waals surface area contributed by atoms with E-state index < -0.39 is 0 Å². The Kier molecular flexibility index (Phi) is 5.59. The Morgan fingerprint density at radius 3 is 3.08 bits per heavy atom. The molecule has 0 saturated carbocycles. The summed E-state index contributed by atoms with van der Waals surface area (Å²) in [7, 11) is 0. The zero-order valence-corrected chi connectivity index (χ0v) is 16.6.